The van der Waals surface area contributed by atoms with Crippen LogP contribution >= 0.6 is 24.0 Å². The molecule has 0 aliphatic carbocycles. The fraction of sp³-hybridized carbons (Fsp3) is 0.556. The van der Waals surface area contributed by atoms with Crippen LogP contribution in [0.1, 0.15) is 36.7 Å². The largest absolute Gasteiger partial charge is 0.346 e. The van der Waals surface area contributed by atoms with Crippen molar-refractivity contribution < 1.29 is 9.69 Å². The van der Waals surface area contributed by atoms with E-state index in [-0.39, 0.29) is 11.2 Å². The highest BCUT2D eigenvalue weighted by Crippen LogP contribution is 2.22. The average Bonchev–Trinajstić information content (AvgIpc) is 2.52. The summed E-state index contributed by atoms with van der Waals surface area (Å²) in [6, 6.07) is 7.98. The molecule has 0 atom stereocenters. The van der Waals surface area contributed by atoms with E-state index in [0.717, 1.165) is 36.1 Å². The summed E-state index contributed by atoms with van der Waals surface area (Å²) in [6.45, 7) is 10.7. The third kappa shape index (κ3) is 5.30. The van der Waals surface area contributed by atoms with Crippen LogP contribution < -0.4 is 4.90 Å². The lowest BCUT2D eigenvalue weighted by atomic mass is 9.86. The molecule has 0 amide bonds. The van der Waals surface area contributed by atoms with E-state index in [4.69, 9.17) is 12.2 Å². The van der Waals surface area contributed by atoms with Crippen molar-refractivity contribution in [2.24, 2.45) is 0 Å². The van der Waals surface area contributed by atoms with Crippen LogP contribution in [0.3, 0.4) is 0 Å². The van der Waals surface area contributed by atoms with Gasteiger partial charge in [0.25, 0.3) is 0 Å². The van der Waals surface area contributed by atoms with Crippen molar-refractivity contribution in [2.45, 2.75) is 26.2 Å². The van der Waals surface area contributed by atoms with Gasteiger partial charge in [0, 0.05) is 5.56 Å². The fourth-order valence-corrected chi connectivity index (χ4v) is 3.67. The molecule has 1 N–H and O–H groups in total. The van der Waals surface area contributed by atoms with Gasteiger partial charge in [-0.1, -0.05) is 69.0 Å². The number of thiocarbonyl (C=S) groups is 1. The van der Waals surface area contributed by atoms with E-state index < -0.39 is 0 Å². The molecule has 0 saturated carbocycles. The van der Waals surface area contributed by atoms with Crippen molar-refractivity contribution >= 4 is 34.1 Å². The molecule has 0 unspecified atom stereocenters. The number of carbonyl (C=O) groups is 1. The maximum absolute atomic E-state index is 12.3. The lowest BCUT2D eigenvalue weighted by Crippen LogP contribution is -3.12. The van der Waals surface area contributed by atoms with E-state index in [1.165, 1.54) is 17.3 Å². The molecule has 0 bridgehead atoms. The maximum atomic E-state index is 12.3. The minimum Gasteiger partial charge on any atom is -0.346 e. The fourth-order valence-electron chi connectivity index (χ4n) is 2.53. The Morgan fingerprint density at radius 2 is 1.78 bits per heavy atom. The number of likely N-dealkylation sites (N-methyl/N-ethyl adjacent to an activating group) is 1. The minimum absolute atomic E-state index is 0.112. The summed E-state index contributed by atoms with van der Waals surface area (Å²) < 4.78 is 0.858. The van der Waals surface area contributed by atoms with Gasteiger partial charge in [0.15, 0.2) is 5.78 Å². The number of Topliss-reactive ketones (excluding diaryl/α,β-unsaturated/α-hetero) is 1. The van der Waals surface area contributed by atoms with Crippen molar-refractivity contribution in [1.82, 2.24) is 4.90 Å². The first-order chi connectivity index (χ1) is 10.8. The second kappa shape index (κ2) is 7.77. The smallest absolute Gasteiger partial charge is 0.173 e. The van der Waals surface area contributed by atoms with Gasteiger partial charge in [-0.15, -0.1) is 0 Å². The normalized spacial score (nSPS) is 16.4. The Morgan fingerprint density at radius 3 is 2.30 bits per heavy atom. The van der Waals surface area contributed by atoms with Crippen LogP contribution in [-0.2, 0) is 5.41 Å². The lowest BCUT2D eigenvalue weighted by molar-refractivity contribution is -0.883. The molecule has 1 aromatic rings. The van der Waals surface area contributed by atoms with Gasteiger partial charge in [-0.05, 0) is 11.0 Å². The number of nitrogens with one attached hydrogen (secondary N) is 1. The summed E-state index contributed by atoms with van der Waals surface area (Å²) in [5.41, 5.74) is 2.13. The number of nitrogens with zero attached hydrogens (tertiary/aromatic N) is 1. The number of piperazine rings is 1. The Hall–Kier alpha value is -0.910. The highest BCUT2D eigenvalue weighted by molar-refractivity contribution is 8.23. The van der Waals surface area contributed by atoms with Gasteiger partial charge < -0.3 is 9.80 Å². The molecule has 0 radical (unpaired) electrons. The predicted octanol–water partition coefficient (Wildman–Crippen LogP) is 2.02. The summed E-state index contributed by atoms with van der Waals surface area (Å²) in [5.74, 6) is 0.574. The summed E-state index contributed by atoms with van der Waals surface area (Å²) in [4.78, 5) is 16.1. The van der Waals surface area contributed by atoms with Crippen LogP contribution in [0.5, 0.6) is 0 Å². The second-order valence-corrected chi connectivity index (χ2v) is 8.86. The molecule has 1 aliphatic heterocycles. The van der Waals surface area contributed by atoms with Gasteiger partial charge in [-0.3, -0.25) is 4.79 Å². The first kappa shape index (κ1) is 18.4. The van der Waals surface area contributed by atoms with Gasteiger partial charge in [0.05, 0.1) is 39.0 Å². The van der Waals surface area contributed by atoms with Crippen molar-refractivity contribution in [2.75, 3.05) is 39.0 Å². The van der Waals surface area contributed by atoms with Gasteiger partial charge >= 0.3 is 0 Å². The van der Waals surface area contributed by atoms with Gasteiger partial charge in [-0.25, -0.2) is 0 Å². The Bertz CT molecular complexity index is 555. The number of carbonyl (C=O) groups excluding carboxylic acids is 1. The van der Waals surface area contributed by atoms with Crippen LogP contribution in [0.15, 0.2) is 24.3 Å². The van der Waals surface area contributed by atoms with Gasteiger partial charge in [-0.2, -0.15) is 0 Å². The van der Waals surface area contributed by atoms with Crippen molar-refractivity contribution in [1.29, 1.82) is 0 Å². The third-order valence-electron chi connectivity index (χ3n) is 4.27. The van der Waals surface area contributed by atoms with Crippen LogP contribution in [-0.4, -0.2) is 54.0 Å². The molecule has 2 rings (SSSR count). The third-order valence-corrected chi connectivity index (χ3v) is 5.80. The topological polar surface area (TPSA) is 24.8 Å². The number of thioether (sulfide) groups is 1. The van der Waals surface area contributed by atoms with Crippen LogP contribution in [0.2, 0.25) is 0 Å². The van der Waals surface area contributed by atoms with Crippen molar-refractivity contribution in [3.8, 4) is 0 Å². The number of benzene rings is 1. The van der Waals surface area contributed by atoms with E-state index in [1.54, 1.807) is 4.90 Å². The highest BCUT2D eigenvalue weighted by Gasteiger charge is 2.20. The summed E-state index contributed by atoms with van der Waals surface area (Å²) in [5, 5.41) is 0. The quantitative estimate of drug-likeness (QED) is 0.665. The zero-order valence-electron chi connectivity index (χ0n) is 14.5. The number of hydrogen-bond acceptors (Lipinski definition) is 3. The van der Waals surface area contributed by atoms with Gasteiger partial charge in [0.1, 0.15) is 4.32 Å². The van der Waals surface area contributed by atoms with Crippen molar-refractivity contribution in [3.63, 3.8) is 0 Å². The molecular weight excluding hydrogens is 324 g/mol. The number of rotatable bonds is 3. The standard InChI is InChI=1S/C18H26N2OS2/c1-18(2,3)15-7-5-14(6-8-15)16(21)13-23-17(22)20-11-9-19(4)10-12-20/h5-8H,9-13H2,1-4H3/p+1. The van der Waals surface area contributed by atoms with E-state index in [9.17, 15) is 4.79 Å². The molecule has 1 aromatic carbocycles. The number of hydrogen-bond donors (Lipinski definition) is 1. The van der Waals surface area contributed by atoms with E-state index in [2.05, 4.69) is 44.9 Å². The Balaban J connectivity index is 1.86. The van der Waals surface area contributed by atoms with Crippen molar-refractivity contribution in [3.05, 3.63) is 35.4 Å². The summed E-state index contributed by atoms with van der Waals surface area (Å²) in [6.07, 6.45) is 0. The maximum Gasteiger partial charge on any atom is 0.173 e. The Morgan fingerprint density at radius 1 is 1.22 bits per heavy atom. The van der Waals surface area contributed by atoms with E-state index >= 15 is 0 Å². The lowest BCUT2D eigenvalue weighted by Gasteiger charge is -2.31. The van der Waals surface area contributed by atoms with Crippen LogP contribution in [0, 0.1) is 0 Å². The molecule has 126 valence electrons. The van der Waals surface area contributed by atoms with Crippen LogP contribution in [0.4, 0.5) is 0 Å². The molecule has 3 nitrogen and oxygen atoms in total. The zero-order chi connectivity index (χ0) is 17.0. The molecule has 1 saturated heterocycles. The first-order valence-electron chi connectivity index (χ1n) is 8.14. The molecule has 1 heterocycles. The first-order valence-corrected chi connectivity index (χ1v) is 9.53. The average molecular weight is 352 g/mol. The zero-order valence-corrected chi connectivity index (χ0v) is 16.1. The van der Waals surface area contributed by atoms with E-state index in [1.807, 2.05) is 12.1 Å². The van der Waals surface area contributed by atoms with E-state index in [0.29, 0.717) is 5.75 Å². The second-order valence-electron chi connectivity index (χ2n) is 7.25. The number of quaternary nitrogens is 1. The molecular formula is C18H27N2OS2+. The number of ketones is 1. The molecule has 0 spiro atoms. The molecule has 5 heteroatoms. The molecule has 0 aromatic heterocycles. The Kier molecular flexibility index (Phi) is 6.23. The minimum atomic E-state index is 0.112. The molecule has 1 aliphatic rings. The van der Waals surface area contributed by atoms with Crippen LogP contribution in [0.25, 0.3) is 0 Å². The molecule has 23 heavy (non-hydrogen) atoms. The highest BCUT2D eigenvalue weighted by atomic mass is 32.2. The molecule has 1 fully saturated rings. The van der Waals surface area contributed by atoms with Gasteiger partial charge in [0.2, 0.25) is 0 Å². The Labute approximate surface area is 149 Å². The summed E-state index contributed by atoms with van der Waals surface area (Å²) in [7, 11) is 2.21. The summed E-state index contributed by atoms with van der Waals surface area (Å²) >= 11 is 6.97. The SMILES string of the molecule is C[NH+]1CCN(C(=S)SCC(=O)c2ccc(C(C)(C)C)cc2)CC1. The monoisotopic (exact) mass is 351 g/mol. The predicted molar refractivity (Wildman–Crippen MR) is 103 cm³/mol.